The zero-order chi connectivity index (χ0) is 24.8. The molecule has 0 unspecified atom stereocenters. The van der Waals surface area contributed by atoms with Gasteiger partial charge in [-0.25, -0.2) is 4.79 Å². The van der Waals surface area contributed by atoms with Gasteiger partial charge in [-0.3, -0.25) is 4.79 Å². The van der Waals surface area contributed by atoms with Crippen molar-refractivity contribution < 1.29 is 19.4 Å². The molecule has 190 valence electrons. The third-order valence-corrected chi connectivity index (χ3v) is 7.15. The number of nitrogens with one attached hydrogen (secondary N) is 1. The number of hydrogen-bond donors (Lipinski definition) is 2. The fraction of sp³-hybridized carbons (Fsp3) is 0.692. The minimum absolute atomic E-state index is 0.0294. The highest BCUT2D eigenvalue weighted by molar-refractivity contribution is 5.80. The van der Waals surface area contributed by atoms with E-state index in [0.29, 0.717) is 18.8 Å². The SMILES string of the molecule is C[C@H]1CN([C@@H](C)CO)C(=O)Cc2cc(N(C)C)ccc2O[C@H]1CN(C)C(=O)NC1CCCCC1. The molecule has 1 heterocycles. The number of anilines is 1. The van der Waals surface area contributed by atoms with Gasteiger partial charge in [-0.15, -0.1) is 0 Å². The fourth-order valence-corrected chi connectivity index (χ4v) is 4.80. The van der Waals surface area contributed by atoms with E-state index in [1.165, 1.54) is 6.42 Å². The number of benzene rings is 1. The molecule has 1 fully saturated rings. The Bertz CT molecular complexity index is 840. The van der Waals surface area contributed by atoms with Gasteiger partial charge in [0.15, 0.2) is 0 Å². The second-order valence-electron chi connectivity index (χ2n) is 10.2. The number of likely N-dealkylation sites (N-methyl/N-ethyl adjacent to an activating group) is 1. The molecule has 2 N–H and O–H groups in total. The summed E-state index contributed by atoms with van der Waals surface area (Å²) in [5, 5.41) is 13.0. The molecule has 1 aromatic rings. The quantitative estimate of drug-likeness (QED) is 0.662. The molecule has 3 rings (SSSR count). The Balaban J connectivity index is 1.83. The normalized spacial score (nSPS) is 22.5. The Hall–Kier alpha value is -2.48. The standard InChI is InChI=1S/C26H42N4O4/c1-18-15-30(19(2)17-31)25(32)14-20-13-22(28(3)4)11-12-23(20)34-24(18)16-29(5)26(33)27-21-9-7-6-8-10-21/h11-13,18-19,21,24,31H,6-10,14-17H2,1-5H3,(H,27,33)/t18-,19-,24-/m0/s1. The van der Waals surface area contributed by atoms with E-state index < -0.39 is 0 Å². The third kappa shape index (κ3) is 6.56. The second kappa shape index (κ2) is 11.8. The number of carbonyl (C=O) groups is 2. The van der Waals surface area contributed by atoms with E-state index in [2.05, 4.69) is 5.32 Å². The number of hydrogen-bond acceptors (Lipinski definition) is 5. The first-order valence-corrected chi connectivity index (χ1v) is 12.6. The predicted octanol–water partition coefficient (Wildman–Crippen LogP) is 2.88. The van der Waals surface area contributed by atoms with E-state index in [9.17, 15) is 14.7 Å². The van der Waals surface area contributed by atoms with Crippen LogP contribution in [0.3, 0.4) is 0 Å². The maximum atomic E-state index is 13.2. The molecule has 3 amide bonds. The van der Waals surface area contributed by atoms with Crippen molar-refractivity contribution in [1.29, 1.82) is 0 Å². The molecule has 8 heteroatoms. The average Bonchev–Trinajstić information content (AvgIpc) is 2.86. The maximum absolute atomic E-state index is 13.2. The Morgan fingerprint density at radius 3 is 2.59 bits per heavy atom. The minimum atomic E-state index is -0.301. The molecule has 0 radical (unpaired) electrons. The van der Waals surface area contributed by atoms with Crippen LogP contribution in [0.5, 0.6) is 5.75 Å². The van der Waals surface area contributed by atoms with Crippen molar-refractivity contribution in [2.75, 3.05) is 45.7 Å². The number of aliphatic hydroxyl groups is 1. The lowest BCUT2D eigenvalue weighted by atomic mass is 9.96. The molecule has 1 saturated carbocycles. The summed E-state index contributed by atoms with van der Waals surface area (Å²) >= 11 is 0. The first-order valence-electron chi connectivity index (χ1n) is 12.6. The van der Waals surface area contributed by atoms with Crippen molar-refractivity contribution in [3.05, 3.63) is 23.8 Å². The summed E-state index contributed by atoms with van der Waals surface area (Å²) in [6, 6.07) is 5.76. The van der Waals surface area contributed by atoms with Gasteiger partial charge in [0, 0.05) is 50.9 Å². The summed E-state index contributed by atoms with van der Waals surface area (Å²) < 4.78 is 6.50. The Labute approximate surface area is 204 Å². The number of urea groups is 1. The van der Waals surface area contributed by atoms with E-state index in [0.717, 1.165) is 36.9 Å². The number of rotatable bonds is 6. The number of ether oxygens (including phenoxy) is 1. The van der Waals surface area contributed by atoms with Crippen molar-refractivity contribution in [3.8, 4) is 5.75 Å². The highest BCUT2D eigenvalue weighted by atomic mass is 16.5. The Morgan fingerprint density at radius 1 is 1.24 bits per heavy atom. The molecule has 0 aromatic heterocycles. The van der Waals surface area contributed by atoms with E-state index in [-0.39, 0.29) is 49.1 Å². The van der Waals surface area contributed by atoms with Gasteiger partial charge in [0.05, 0.1) is 25.6 Å². The lowest BCUT2D eigenvalue weighted by molar-refractivity contribution is -0.134. The molecule has 1 aliphatic heterocycles. The molecule has 1 aromatic carbocycles. The van der Waals surface area contributed by atoms with Crippen molar-refractivity contribution >= 4 is 17.6 Å². The van der Waals surface area contributed by atoms with Gasteiger partial charge < -0.3 is 29.9 Å². The molecule has 8 nitrogen and oxygen atoms in total. The largest absolute Gasteiger partial charge is 0.488 e. The van der Waals surface area contributed by atoms with Crippen LogP contribution < -0.4 is 15.0 Å². The van der Waals surface area contributed by atoms with Crippen LogP contribution in [0.2, 0.25) is 0 Å². The van der Waals surface area contributed by atoms with E-state index in [1.807, 2.05) is 51.0 Å². The van der Waals surface area contributed by atoms with Gasteiger partial charge in [-0.05, 0) is 38.0 Å². The van der Waals surface area contributed by atoms with Crippen LogP contribution in [0, 0.1) is 5.92 Å². The van der Waals surface area contributed by atoms with Crippen molar-refractivity contribution in [2.24, 2.45) is 5.92 Å². The Morgan fingerprint density at radius 2 is 1.94 bits per heavy atom. The first-order chi connectivity index (χ1) is 16.2. The molecule has 34 heavy (non-hydrogen) atoms. The highest BCUT2D eigenvalue weighted by Gasteiger charge is 2.32. The van der Waals surface area contributed by atoms with Crippen molar-refractivity contribution in [3.63, 3.8) is 0 Å². The molecule has 0 spiro atoms. The number of carbonyl (C=O) groups excluding carboxylic acids is 2. The van der Waals surface area contributed by atoms with E-state index in [1.54, 1.807) is 16.8 Å². The first kappa shape index (κ1) is 26.1. The van der Waals surface area contributed by atoms with E-state index in [4.69, 9.17) is 4.74 Å². The highest BCUT2D eigenvalue weighted by Crippen LogP contribution is 2.30. The maximum Gasteiger partial charge on any atom is 0.317 e. The van der Waals surface area contributed by atoms with Crippen LogP contribution >= 0.6 is 0 Å². The van der Waals surface area contributed by atoms with Crippen LogP contribution in [0.25, 0.3) is 0 Å². The van der Waals surface area contributed by atoms with E-state index >= 15 is 0 Å². The lowest BCUT2D eigenvalue weighted by Gasteiger charge is -2.34. The van der Waals surface area contributed by atoms with Crippen LogP contribution in [-0.4, -0.2) is 85.9 Å². The summed E-state index contributed by atoms with van der Waals surface area (Å²) in [6.45, 7) is 4.67. The predicted molar refractivity (Wildman–Crippen MR) is 134 cm³/mol. The van der Waals surface area contributed by atoms with Gasteiger partial charge >= 0.3 is 6.03 Å². The van der Waals surface area contributed by atoms with Crippen molar-refractivity contribution in [2.45, 2.75) is 70.6 Å². The monoisotopic (exact) mass is 474 g/mol. The lowest BCUT2D eigenvalue weighted by Crippen LogP contribution is -2.50. The van der Waals surface area contributed by atoms with Crippen molar-refractivity contribution in [1.82, 2.24) is 15.1 Å². The molecule has 1 aliphatic carbocycles. The summed E-state index contributed by atoms with van der Waals surface area (Å²) in [5.74, 6) is 0.607. The molecule has 2 aliphatic rings. The zero-order valence-electron chi connectivity index (χ0n) is 21.4. The van der Waals surface area contributed by atoms with Crippen LogP contribution in [0.4, 0.5) is 10.5 Å². The summed E-state index contributed by atoms with van der Waals surface area (Å²) in [6.07, 6.45) is 5.54. The molecule has 0 saturated heterocycles. The van der Waals surface area contributed by atoms with Gasteiger partial charge in [-0.1, -0.05) is 26.2 Å². The van der Waals surface area contributed by atoms with Gasteiger partial charge in [-0.2, -0.15) is 0 Å². The summed E-state index contributed by atoms with van der Waals surface area (Å²) in [4.78, 5) is 31.6. The second-order valence-corrected chi connectivity index (χ2v) is 10.2. The number of amides is 3. The van der Waals surface area contributed by atoms with Gasteiger partial charge in [0.2, 0.25) is 5.91 Å². The van der Waals surface area contributed by atoms with Gasteiger partial charge in [0.1, 0.15) is 11.9 Å². The molecule has 0 bridgehead atoms. The number of aliphatic hydroxyl groups excluding tert-OH is 1. The smallest absolute Gasteiger partial charge is 0.317 e. The average molecular weight is 475 g/mol. The third-order valence-electron chi connectivity index (χ3n) is 7.15. The fourth-order valence-electron chi connectivity index (χ4n) is 4.80. The number of fused-ring (bicyclic) bond motifs is 1. The summed E-state index contributed by atoms with van der Waals surface area (Å²) in [5.41, 5.74) is 1.81. The van der Waals surface area contributed by atoms with Crippen LogP contribution in [0.1, 0.15) is 51.5 Å². The van der Waals surface area contributed by atoms with Crippen LogP contribution in [0.15, 0.2) is 18.2 Å². The topological polar surface area (TPSA) is 85.4 Å². The van der Waals surface area contributed by atoms with Crippen LogP contribution in [-0.2, 0) is 11.2 Å². The molecular weight excluding hydrogens is 432 g/mol. The Kier molecular flexibility index (Phi) is 9.05. The summed E-state index contributed by atoms with van der Waals surface area (Å²) in [7, 11) is 5.73. The van der Waals surface area contributed by atoms with Gasteiger partial charge in [0.25, 0.3) is 0 Å². The zero-order valence-corrected chi connectivity index (χ0v) is 21.4. The minimum Gasteiger partial charge on any atom is -0.488 e. The molecular formula is C26H42N4O4. The molecule has 3 atom stereocenters. The number of nitrogens with zero attached hydrogens (tertiary/aromatic N) is 3.